The van der Waals surface area contributed by atoms with Gasteiger partial charge < -0.3 is 14.7 Å². The molecule has 21 heavy (non-hydrogen) atoms. The summed E-state index contributed by atoms with van der Waals surface area (Å²) in [6, 6.07) is 0. The number of nitrogens with zero attached hydrogens (tertiary/aromatic N) is 2. The van der Waals surface area contributed by atoms with Gasteiger partial charge in [0.1, 0.15) is 5.69 Å². The van der Waals surface area contributed by atoms with Crippen LogP contribution >= 0.6 is 34.8 Å². The molecule has 5 nitrogen and oxygen atoms in total. The van der Waals surface area contributed by atoms with Crippen LogP contribution in [0.15, 0.2) is 6.20 Å². The second-order valence-corrected chi connectivity index (χ2v) is 5.83. The van der Waals surface area contributed by atoms with Gasteiger partial charge in [-0.25, -0.2) is 4.98 Å². The SMILES string of the molecule is O=C(c1ncc(Cl)c(Cl)c1Cl)N1CCC(OCCO)CC1. The van der Waals surface area contributed by atoms with Crippen LogP contribution in [0.2, 0.25) is 15.1 Å². The maximum absolute atomic E-state index is 12.4. The van der Waals surface area contributed by atoms with Crippen molar-refractivity contribution in [1.29, 1.82) is 0 Å². The summed E-state index contributed by atoms with van der Waals surface area (Å²) in [5.74, 6) is -0.265. The Morgan fingerprint density at radius 3 is 2.62 bits per heavy atom. The first-order valence-corrected chi connectivity index (χ1v) is 7.69. The molecule has 0 saturated carbocycles. The lowest BCUT2D eigenvalue weighted by molar-refractivity contribution is -0.00564. The summed E-state index contributed by atoms with van der Waals surface area (Å²) in [5.41, 5.74) is 0.112. The molecule has 1 aromatic rings. The lowest BCUT2D eigenvalue weighted by atomic mass is 10.1. The minimum atomic E-state index is -0.265. The Bertz CT molecular complexity index is 520. The van der Waals surface area contributed by atoms with Gasteiger partial charge in [-0.2, -0.15) is 0 Å². The number of aliphatic hydroxyl groups is 1. The topological polar surface area (TPSA) is 62.7 Å². The molecular weight excluding hydrogens is 339 g/mol. The fourth-order valence-electron chi connectivity index (χ4n) is 2.19. The second kappa shape index (κ2) is 7.61. The Labute approximate surface area is 137 Å². The van der Waals surface area contributed by atoms with Crippen LogP contribution in [0, 0.1) is 0 Å². The van der Waals surface area contributed by atoms with Gasteiger partial charge in [0.05, 0.1) is 34.4 Å². The zero-order chi connectivity index (χ0) is 15.4. The summed E-state index contributed by atoms with van der Waals surface area (Å²) >= 11 is 17.8. The Morgan fingerprint density at radius 2 is 2.00 bits per heavy atom. The summed E-state index contributed by atoms with van der Waals surface area (Å²) in [7, 11) is 0. The number of halogens is 3. The normalized spacial score (nSPS) is 16.3. The van der Waals surface area contributed by atoms with Gasteiger partial charge in [-0.05, 0) is 12.8 Å². The van der Waals surface area contributed by atoms with Crippen molar-refractivity contribution in [3.05, 3.63) is 27.0 Å². The fourth-order valence-corrected chi connectivity index (χ4v) is 2.75. The van der Waals surface area contributed by atoms with E-state index >= 15 is 0 Å². The van der Waals surface area contributed by atoms with E-state index in [1.807, 2.05) is 0 Å². The van der Waals surface area contributed by atoms with Crippen LogP contribution in [-0.2, 0) is 4.74 Å². The fraction of sp³-hybridized carbons (Fsp3) is 0.538. The van der Waals surface area contributed by atoms with Gasteiger partial charge in [-0.3, -0.25) is 4.79 Å². The minimum Gasteiger partial charge on any atom is -0.394 e. The highest BCUT2D eigenvalue weighted by atomic mass is 35.5. The third-order valence-electron chi connectivity index (χ3n) is 3.29. The van der Waals surface area contributed by atoms with Crippen molar-refractivity contribution in [1.82, 2.24) is 9.88 Å². The predicted molar refractivity (Wildman–Crippen MR) is 81.2 cm³/mol. The molecule has 1 amide bonds. The highest BCUT2D eigenvalue weighted by Gasteiger charge is 2.27. The zero-order valence-corrected chi connectivity index (χ0v) is 13.5. The van der Waals surface area contributed by atoms with Crippen LogP contribution in [0.5, 0.6) is 0 Å². The highest BCUT2D eigenvalue weighted by Crippen LogP contribution is 2.32. The lowest BCUT2D eigenvalue weighted by Crippen LogP contribution is -2.41. The number of likely N-dealkylation sites (tertiary alicyclic amines) is 1. The molecule has 0 aliphatic carbocycles. The first-order valence-electron chi connectivity index (χ1n) is 6.55. The van der Waals surface area contributed by atoms with E-state index in [-0.39, 0.29) is 39.4 Å². The van der Waals surface area contributed by atoms with Crippen molar-refractivity contribution in [2.75, 3.05) is 26.3 Å². The lowest BCUT2D eigenvalue weighted by Gasteiger charge is -2.31. The number of amides is 1. The molecule has 0 atom stereocenters. The number of ether oxygens (including phenoxy) is 1. The molecule has 1 N–H and O–H groups in total. The molecule has 1 aliphatic rings. The summed E-state index contributed by atoms with van der Waals surface area (Å²) in [6.45, 7) is 1.42. The van der Waals surface area contributed by atoms with Crippen molar-refractivity contribution < 1.29 is 14.6 Å². The smallest absolute Gasteiger partial charge is 0.274 e. The summed E-state index contributed by atoms with van der Waals surface area (Å²) in [4.78, 5) is 18.0. The third kappa shape index (κ3) is 3.99. The maximum Gasteiger partial charge on any atom is 0.274 e. The van der Waals surface area contributed by atoms with Gasteiger partial charge in [0.2, 0.25) is 0 Å². The number of carbonyl (C=O) groups is 1. The molecule has 0 aromatic carbocycles. The van der Waals surface area contributed by atoms with E-state index in [0.29, 0.717) is 32.5 Å². The van der Waals surface area contributed by atoms with Crippen molar-refractivity contribution >= 4 is 40.7 Å². The Hall–Kier alpha value is -0.590. The van der Waals surface area contributed by atoms with Crippen LogP contribution in [0.3, 0.4) is 0 Å². The van der Waals surface area contributed by atoms with E-state index in [9.17, 15) is 4.79 Å². The molecule has 2 rings (SSSR count). The van der Waals surface area contributed by atoms with Gasteiger partial charge in [-0.1, -0.05) is 34.8 Å². The third-order valence-corrected chi connectivity index (χ3v) is 4.53. The van der Waals surface area contributed by atoms with Crippen molar-refractivity contribution in [3.8, 4) is 0 Å². The predicted octanol–water partition coefficient (Wildman–Crippen LogP) is 2.66. The molecule has 8 heteroatoms. The van der Waals surface area contributed by atoms with Gasteiger partial charge in [0.25, 0.3) is 5.91 Å². The van der Waals surface area contributed by atoms with E-state index < -0.39 is 0 Å². The van der Waals surface area contributed by atoms with Gasteiger partial charge in [0, 0.05) is 19.3 Å². The first kappa shape index (κ1) is 16.8. The van der Waals surface area contributed by atoms with Crippen molar-refractivity contribution in [2.24, 2.45) is 0 Å². The number of aliphatic hydroxyl groups excluding tert-OH is 1. The summed E-state index contributed by atoms with van der Waals surface area (Å²) in [5, 5.41) is 9.16. The number of aromatic nitrogens is 1. The van der Waals surface area contributed by atoms with Gasteiger partial charge in [-0.15, -0.1) is 0 Å². The van der Waals surface area contributed by atoms with E-state index in [4.69, 9.17) is 44.6 Å². The number of rotatable bonds is 4. The van der Waals surface area contributed by atoms with E-state index in [1.165, 1.54) is 6.20 Å². The first-order chi connectivity index (χ1) is 10.0. The zero-order valence-electron chi connectivity index (χ0n) is 11.2. The Morgan fingerprint density at radius 1 is 1.33 bits per heavy atom. The highest BCUT2D eigenvalue weighted by molar-refractivity contribution is 6.48. The average Bonchev–Trinajstić information content (AvgIpc) is 2.51. The number of hydrogen-bond acceptors (Lipinski definition) is 4. The monoisotopic (exact) mass is 352 g/mol. The van der Waals surface area contributed by atoms with Gasteiger partial charge >= 0.3 is 0 Å². The van der Waals surface area contributed by atoms with Crippen LogP contribution in [-0.4, -0.2) is 53.3 Å². The van der Waals surface area contributed by atoms with E-state index in [0.717, 1.165) is 0 Å². The Balaban J connectivity index is 2.01. The molecular formula is C13H15Cl3N2O3. The van der Waals surface area contributed by atoms with Crippen LogP contribution in [0.1, 0.15) is 23.3 Å². The molecule has 1 aliphatic heterocycles. The molecule has 116 valence electrons. The van der Waals surface area contributed by atoms with Crippen LogP contribution in [0.4, 0.5) is 0 Å². The van der Waals surface area contributed by atoms with Crippen molar-refractivity contribution in [3.63, 3.8) is 0 Å². The minimum absolute atomic E-state index is 0.00193. The quantitative estimate of drug-likeness (QED) is 0.904. The molecule has 0 spiro atoms. The molecule has 1 aromatic heterocycles. The van der Waals surface area contributed by atoms with Crippen molar-refractivity contribution in [2.45, 2.75) is 18.9 Å². The number of carbonyl (C=O) groups excluding carboxylic acids is 1. The number of pyridine rings is 1. The molecule has 0 bridgehead atoms. The van der Waals surface area contributed by atoms with E-state index in [2.05, 4.69) is 4.98 Å². The molecule has 1 saturated heterocycles. The van der Waals surface area contributed by atoms with E-state index in [1.54, 1.807) is 4.90 Å². The summed E-state index contributed by atoms with van der Waals surface area (Å²) in [6.07, 6.45) is 2.81. The van der Waals surface area contributed by atoms with Crippen LogP contribution < -0.4 is 0 Å². The molecule has 0 unspecified atom stereocenters. The van der Waals surface area contributed by atoms with Gasteiger partial charge in [0.15, 0.2) is 0 Å². The number of piperidine rings is 1. The standard InChI is InChI=1S/C13H15Cl3N2O3/c14-9-7-17-12(11(16)10(9)15)13(20)18-3-1-8(2-4-18)21-6-5-19/h7-8,19H,1-6H2. The van der Waals surface area contributed by atoms with Crippen LogP contribution in [0.25, 0.3) is 0 Å². The molecule has 1 fully saturated rings. The summed E-state index contributed by atoms with van der Waals surface area (Å²) < 4.78 is 5.46. The maximum atomic E-state index is 12.4. The largest absolute Gasteiger partial charge is 0.394 e. The second-order valence-electron chi connectivity index (χ2n) is 4.67. The number of hydrogen-bond donors (Lipinski definition) is 1. The average molecular weight is 354 g/mol. The molecule has 0 radical (unpaired) electrons. The Kier molecular flexibility index (Phi) is 6.08. The molecule has 2 heterocycles.